The van der Waals surface area contributed by atoms with Crippen molar-refractivity contribution in [2.45, 2.75) is 64.5 Å². The van der Waals surface area contributed by atoms with Crippen molar-refractivity contribution in [1.29, 1.82) is 0 Å². The van der Waals surface area contributed by atoms with Gasteiger partial charge in [0.25, 0.3) is 5.91 Å². The van der Waals surface area contributed by atoms with Crippen molar-refractivity contribution in [3.8, 4) is 0 Å². The lowest BCUT2D eigenvalue weighted by Crippen LogP contribution is -2.45. The third-order valence-corrected chi connectivity index (χ3v) is 5.44. The minimum atomic E-state index is -0.224. The summed E-state index contributed by atoms with van der Waals surface area (Å²) in [7, 11) is 1.94. The zero-order chi connectivity index (χ0) is 17.7. The van der Waals surface area contributed by atoms with Crippen LogP contribution in [0.5, 0.6) is 0 Å². The van der Waals surface area contributed by atoms with Crippen molar-refractivity contribution in [3.63, 3.8) is 0 Å². The monoisotopic (exact) mass is 351 g/mol. The van der Waals surface area contributed by atoms with Crippen LogP contribution in [0.1, 0.15) is 52.4 Å². The van der Waals surface area contributed by atoms with E-state index in [4.69, 9.17) is 16.3 Å². The molecule has 0 bridgehead atoms. The van der Waals surface area contributed by atoms with Gasteiger partial charge in [0.1, 0.15) is 6.10 Å². The first-order valence-corrected chi connectivity index (χ1v) is 9.39. The summed E-state index contributed by atoms with van der Waals surface area (Å²) in [5.74, 6) is 0.627. The van der Waals surface area contributed by atoms with Crippen molar-refractivity contribution in [3.05, 3.63) is 34.9 Å². The molecular weight excluding hydrogens is 322 g/mol. The summed E-state index contributed by atoms with van der Waals surface area (Å²) in [6, 6.07) is 0.294. The fraction of sp³-hybridized carbons (Fsp3) is 0.650. The maximum absolute atomic E-state index is 12.6. The van der Waals surface area contributed by atoms with E-state index in [0.717, 1.165) is 38.5 Å². The number of carbonyl (C=O) groups is 1. The molecule has 2 fully saturated rings. The molecule has 0 aromatic carbocycles. The molecule has 0 radical (unpaired) electrons. The van der Waals surface area contributed by atoms with Crippen LogP contribution < -0.4 is 0 Å². The molecule has 1 saturated carbocycles. The molecule has 134 valence electrons. The quantitative estimate of drug-likeness (QED) is 0.664. The van der Waals surface area contributed by atoms with Gasteiger partial charge in [-0.15, -0.1) is 0 Å². The molecule has 1 aliphatic heterocycles. The van der Waals surface area contributed by atoms with E-state index in [2.05, 4.69) is 26.5 Å². The Morgan fingerprint density at radius 3 is 2.62 bits per heavy atom. The Labute approximate surface area is 151 Å². The second kappa shape index (κ2) is 8.87. The maximum Gasteiger partial charge on any atom is 0.251 e. The average Bonchev–Trinajstić information content (AvgIpc) is 3.08. The van der Waals surface area contributed by atoms with Gasteiger partial charge in [-0.05, 0) is 69.1 Å². The van der Waals surface area contributed by atoms with E-state index in [-0.39, 0.29) is 12.0 Å². The van der Waals surface area contributed by atoms with Gasteiger partial charge >= 0.3 is 0 Å². The summed E-state index contributed by atoms with van der Waals surface area (Å²) in [6.07, 6.45) is 10.1. The summed E-state index contributed by atoms with van der Waals surface area (Å²) in [5, 5.41) is 0.560. The minimum Gasteiger partial charge on any atom is -0.368 e. The number of likely N-dealkylation sites (N-methyl/N-ethyl adjacent to an activating group) is 1. The molecule has 2 rings (SSSR count). The molecule has 1 aliphatic carbocycles. The minimum absolute atomic E-state index is 0.154. The van der Waals surface area contributed by atoms with Crippen LogP contribution in [0.4, 0.5) is 0 Å². The van der Waals surface area contributed by atoms with E-state index in [1.165, 1.54) is 11.1 Å². The summed E-state index contributed by atoms with van der Waals surface area (Å²) in [6.45, 7) is 8.65. The Balaban J connectivity index is 2.04. The van der Waals surface area contributed by atoms with Gasteiger partial charge in [-0.2, -0.15) is 0 Å². The van der Waals surface area contributed by atoms with Crippen LogP contribution in [-0.4, -0.2) is 36.6 Å². The Morgan fingerprint density at radius 1 is 1.29 bits per heavy atom. The molecule has 3 nitrogen and oxygen atoms in total. The van der Waals surface area contributed by atoms with E-state index in [0.29, 0.717) is 23.6 Å². The SMILES string of the molecule is C=C(Cl)/C=C(C)/C(=C\C)[C@@H]1CCC[C@H](N(C)C(=O)[C@@H]2CCCO2)C1. The lowest BCUT2D eigenvalue weighted by Gasteiger charge is -2.37. The van der Waals surface area contributed by atoms with E-state index in [1.54, 1.807) is 0 Å². The van der Waals surface area contributed by atoms with Gasteiger partial charge in [-0.25, -0.2) is 0 Å². The predicted molar refractivity (Wildman–Crippen MR) is 100.0 cm³/mol. The van der Waals surface area contributed by atoms with Crippen molar-refractivity contribution < 1.29 is 9.53 Å². The van der Waals surface area contributed by atoms with Crippen LogP contribution in [0.3, 0.4) is 0 Å². The lowest BCUT2D eigenvalue weighted by molar-refractivity contribution is -0.142. The first kappa shape index (κ1) is 19.3. The number of carbonyl (C=O) groups excluding carboxylic acids is 1. The lowest BCUT2D eigenvalue weighted by atomic mass is 9.78. The number of hydrogen-bond acceptors (Lipinski definition) is 2. The molecular formula is C20H30ClNO2. The molecule has 3 atom stereocenters. The van der Waals surface area contributed by atoms with Gasteiger partial charge in [-0.1, -0.05) is 30.7 Å². The fourth-order valence-corrected chi connectivity index (χ4v) is 4.24. The molecule has 0 aromatic heterocycles. The second-order valence-electron chi connectivity index (χ2n) is 6.99. The Morgan fingerprint density at radius 2 is 2.04 bits per heavy atom. The topological polar surface area (TPSA) is 29.5 Å². The van der Waals surface area contributed by atoms with Gasteiger partial charge in [0.15, 0.2) is 0 Å². The number of allylic oxidation sites excluding steroid dienone is 5. The van der Waals surface area contributed by atoms with Crippen molar-refractivity contribution in [2.75, 3.05) is 13.7 Å². The van der Waals surface area contributed by atoms with Gasteiger partial charge < -0.3 is 9.64 Å². The molecule has 0 aromatic rings. The Kier molecular flexibility index (Phi) is 7.12. The number of hydrogen-bond donors (Lipinski definition) is 0. The summed E-state index contributed by atoms with van der Waals surface area (Å²) in [5.41, 5.74) is 2.51. The smallest absolute Gasteiger partial charge is 0.251 e. The highest BCUT2D eigenvalue weighted by molar-refractivity contribution is 6.30. The van der Waals surface area contributed by atoms with Crippen LogP contribution >= 0.6 is 11.6 Å². The standard InChI is InChI=1S/C20H30ClNO2/c1-5-18(14(2)12-15(3)21)16-8-6-9-17(13-16)22(4)20(23)19-10-7-11-24-19/h5,12,16-17,19H,3,6-11,13H2,1-2,4H3/b14-12+,18-5+/t16-,17+,19+/m1/s1. The van der Waals surface area contributed by atoms with Crippen LogP contribution in [0, 0.1) is 5.92 Å². The highest BCUT2D eigenvalue weighted by atomic mass is 35.5. The molecule has 1 saturated heterocycles. The number of nitrogens with zero attached hydrogens (tertiary/aromatic N) is 1. The number of halogens is 1. The van der Waals surface area contributed by atoms with Crippen molar-refractivity contribution in [2.24, 2.45) is 5.92 Å². The van der Waals surface area contributed by atoms with Crippen molar-refractivity contribution >= 4 is 17.5 Å². The largest absolute Gasteiger partial charge is 0.368 e. The zero-order valence-corrected chi connectivity index (χ0v) is 15.9. The number of ether oxygens (including phenoxy) is 1. The van der Waals surface area contributed by atoms with E-state index in [1.807, 2.05) is 18.0 Å². The highest BCUT2D eigenvalue weighted by Crippen LogP contribution is 2.36. The summed E-state index contributed by atoms with van der Waals surface area (Å²) < 4.78 is 5.57. The van der Waals surface area contributed by atoms with Gasteiger partial charge in [0.05, 0.1) is 0 Å². The van der Waals surface area contributed by atoms with E-state index < -0.39 is 0 Å². The first-order chi connectivity index (χ1) is 11.4. The third kappa shape index (κ3) is 4.73. The second-order valence-corrected chi connectivity index (χ2v) is 7.47. The van der Waals surface area contributed by atoms with Gasteiger partial charge in [0, 0.05) is 24.7 Å². The molecule has 4 heteroatoms. The fourth-order valence-electron chi connectivity index (χ4n) is 4.08. The van der Waals surface area contributed by atoms with Crippen LogP contribution in [-0.2, 0) is 9.53 Å². The molecule has 1 amide bonds. The molecule has 0 N–H and O–H groups in total. The van der Waals surface area contributed by atoms with Gasteiger partial charge in [-0.3, -0.25) is 4.79 Å². The molecule has 0 spiro atoms. The molecule has 0 unspecified atom stereocenters. The summed E-state index contributed by atoms with van der Waals surface area (Å²) in [4.78, 5) is 14.6. The summed E-state index contributed by atoms with van der Waals surface area (Å²) >= 11 is 5.94. The predicted octanol–water partition coefficient (Wildman–Crippen LogP) is 4.83. The maximum atomic E-state index is 12.6. The molecule has 2 aliphatic rings. The normalized spacial score (nSPS) is 28.8. The molecule has 1 heterocycles. The molecule has 24 heavy (non-hydrogen) atoms. The van der Waals surface area contributed by atoms with Crippen LogP contribution in [0.25, 0.3) is 0 Å². The van der Waals surface area contributed by atoms with Gasteiger partial charge in [0.2, 0.25) is 0 Å². The van der Waals surface area contributed by atoms with E-state index >= 15 is 0 Å². The number of rotatable bonds is 5. The zero-order valence-electron chi connectivity index (χ0n) is 15.2. The Bertz CT molecular complexity index is 532. The average molecular weight is 352 g/mol. The first-order valence-electron chi connectivity index (χ1n) is 9.01. The highest BCUT2D eigenvalue weighted by Gasteiger charge is 2.33. The van der Waals surface area contributed by atoms with E-state index in [9.17, 15) is 4.79 Å². The van der Waals surface area contributed by atoms with Crippen LogP contribution in [0.15, 0.2) is 34.9 Å². The number of amides is 1. The van der Waals surface area contributed by atoms with Crippen LogP contribution in [0.2, 0.25) is 0 Å². The Hall–Kier alpha value is -1.06. The van der Waals surface area contributed by atoms with Crippen molar-refractivity contribution in [1.82, 2.24) is 4.90 Å². The third-order valence-electron chi connectivity index (χ3n) is 5.33.